The molecular weight excluding hydrogens is 212 g/mol. The van der Waals surface area contributed by atoms with Gasteiger partial charge in [-0.15, -0.1) is 0 Å². The Morgan fingerprint density at radius 2 is 2.06 bits per heavy atom. The van der Waals surface area contributed by atoms with Crippen molar-refractivity contribution in [1.29, 1.82) is 0 Å². The number of rotatable bonds is 1. The van der Waals surface area contributed by atoms with Gasteiger partial charge in [-0.1, -0.05) is 27.2 Å². The third-order valence-corrected chi connectivity index (χ3v) is 4.61. The van der Waals surface area contributed by atoms with E-state index in [0.717, 1.165) is 17.5 Å². The van der Waals surface area contributed by atoms with Crippen LogP contribution in [-0.2, 0) is 5.41 Å². The summed E-state index contributed by atoms with van der Waals surface area (Å²) < 4.78 is 1.98. The van der Waals surface area contributed by atoms with Crippen LogP contribution < -0.4 is 5.69 Å². The maximum absolute atomic E-state index is 12.1. The molecule has 3 nitrogen and oxygen atoms in total. The lowest BCUT2D eigenvalue weighted by Crippen LogP contribution is -2.25. The molecule has 2 aliphatic carbocycles. The molecule has 0 spiro atoms. The van der Waals surface area contributed by atoms with E-state index in [2.05, 4.69) is 32.0 Å². The number of imidazole rings is 1. The largest absolute Gasteiger partial charge is 0.325 e. The Morgan fingerprint density at radius 1 is 1.29 bits per heavy atom. The van der Waals surface area contributed by atoms with E-state index >= 15 is 0 Å². The van der Waals surface area contributed by atoms with Crippen LogP contribution >= 0.6 is 0 Å². The quantitative estimate of drug-likeness (QED) is 0.797. The number of H-pyrrole nitrogens is 1. The van der Waals surface area contributed by atoms with Crippen LogP contribution in [0.1, 0.15) is 58.2 Å². The Balaban J connectivity index is 1.94. The molecular formula is C14H22N2O. The Hall–Kier alpha value is -0.990. The molecule has 0 aliphatic heterocycles. The van der Waals surface area contributed by atoms with E-state index in [9.17, 15) is 4.79 Å². The molecule has 2 fully saturated rings. The van der Waals surface area contributed by atoms with E-state index in [-0.39, 0.29) is 11.1 Å². The van der Waals surface area contributed by atoms with Crippen molar-refractivity contribution in [3.63, 3.8) is 0 Å². The molecule has 0 amide bonds. The Labute approximate surface area is 102 Å². The molecule has 3 atom stereocenters. The lowest BCUT2D eigenvalue weighted by Gasteiger charge is -2.22. The zero-order chi connectivity index (χ0) is 12.2. The molecule has 0 aromatic carbocycles. The highest BCUT2D eigenvalue weighted by Gasteiger charge is 2.41. The molecule has 3 rings (SSSR count). The van der Waals surface area contributed by atoms with Gasteiger partial charge in [-0.05, 0) is 31.1 Å². The number of nitrogens with one attached hydrogen (secondary N) is 1. The average Bonchev–Trinajstić information content (AvgIpc) is 2.88. The van der Waals surface area contributed by atoms with Crippen LogP contribution in [0.15, 0.2) is 11.0 Å². The van der Waals surface area contributed by atoms with Gasteiger partial charge in [0.25, 0.3) is 0 Å². The predicted octanol–water partition coefficient (Wildman–Crippen LogP) is 2.84. The second kappa shape index (κ2) is 3.50. The molecule has 1 aromatic heterocycles. The number of hydrogen-bond donors (Lipinski definition) is 1. The highest BCUT2D eigenvalue weighted by molar-refractivity contribution is 5.11. The van der Waals surface area contributed by atoms with Crippen molar-refractivity contribution < 1.29 is 0 Å². The smallest absolute Gasteiger partial charge is 0.309 e. The van der Waals surface area contributed by atoms with E-state index in [1.165, 1.54) is 25.7 Å². The number of nitrogens with zero attached hydrogens (tertiary/aromatic N) is 1. The monoisotopic (exact) mass is 234 g/mol. The van der Waals surface area contributed by atoms with Gasteiger partial charge in [-0.3, -0.25) is 4.57 Å². The van der Waals surface area contributed by atoms with E-state index in [1.807, 2.05) is 4.57 Å². The second-order valence-corrected chi connectivity index (χ2v) is 6.87. The lowest BCUT2D eigenvalue weighted by atomic mass is 9.92. The van der Waals surface area contributed by atoms with Crippen LogP contribution in [0.3, 0.4) is 0 Å². The Bertz CT molecular complexity index is 477. The molecule has 2 bridgehead atoms. The van der Waals surface area contributed by atoms with Gasteiger partial charge >= 0.3 is 5.69 Å². The van der Waals surface area contributed by atoms with Gasteiger partial charge in [-0.2, -0.15) is 0 Å². The molecule has 3 heteroatoms. The van der Waals surface area contributed by atoms with Crippen LogP contribution in [-0.4, -0.2) is 9.55 Å². The Morgan fingerprint density at radius 3 is 2.53 bits per heavy atom. The zero-order valence-electron chi connectivity index (χ0n) is 11.0. The first kappa shape index (κ1) is 11.1. The standard InChI is InChI=1S/C14H22N2O/c1-14(2,3)12-8-16(13(17)15-12)11-7-9-4-5-10(11)6-9/h8-11H,4-7H2,1-3H3,(H,15,17)/t9-,10-,11+/m1/s1. The van der Waals surface area contributed by atoms with E-state index in [0.29, 0.717) is 6.04 Å². The van der Waals surface area contributed by atoms with Crippen molar-refractivity contribution in [1.82, 2.24) is 9.55 Å². The minimum Gasteiger partial charge on any atom is -0.309 e. The van der Waals surface area contributed by atoms with E-state index in [1.54, 1.807) is 0 Å². The van der Waals surface area contributed by atoms with E-state index in [4.69, 9.17) is 0 Å². The lowest BCUT2D eigenvalue weighted by molar-refractivity contribution is 0.323. The average molecular weight is 234 g/mol. The summed E-state index contributed by atoms with van der Waals surface area (Å²) in [6.07, 6.45) is 7.32. The highest BCUT2D eigenvalue weighted by atomic mass is 16.1. The topological polar surface area (TPSA) is 37.8 Å². The molecule has 0 unspecified atom stereocenters. The van der Waals surface area contributed by atoms with Gasteiger partial charge in [-0.25, -0.2) is 4.79 Å². The maximum Gasteiger partial charge on any atom is 0.325 e. The van der Waals surface area contributed by atoms with Gasteiger partial charge in [0.2, 0.25) is 0 Å². The third kappa shape index (κ3) is 1.76. The molecule has 94 valence electrons. The van der Waals surface area contributed by atoms with Gasteiger partial charge in [0.15, 0.2) is 0 Å². The highest BCUT2D eigenvalue weighted by Crippen LogP contribution is 2.50. The molecule has 17 heavy (non-hydrogen) atoms. The summed E-state index contributed by atoms with van der Waals surface area (Å²) in [4.78, 5) is 15.1. The van der Waals surface area contributed by atoms with Crippen molar-refractivity contribution in [2.45, 2.75) is 57.9 Å². The first-order chi connectivity index (χ1) is 7.95. The van der Waals surface area contributed by atoms with Crippen LogP contribution in [0, 0.1) is 11.8 Å². The fraction of sp³-hybridized carbons (Fsp3) is 0.786. The number of aromatic amines is 1. The normalized spacial score (nSPS) is 32.3. The fourth-order valence-electron chi connectivity index (χ4n) is 3.59. The Kier molecular flexibility index (Phi) is 2.29. The number of fused-ring (bicyclic) bond motifs is 2. The summed E-state index contributed by atoms with van der Waals surface area (Å²) in [7, 11) is 0. The fourth-order valence-corrected chi connectivity index (χ4v) is 3.59. The van der Waals surface area contributed by atoms with Crippen molar-refractivity contribution >= 4 is 0 Å². The van der Waals surface area contributed by atoms with Crippen LogP contribution in [0.4, 0.5) is 0 Å². The molecule has 0 radical (unpaired) electrons. The van der Waals surface area contributed by atoms with Gasteiger partial charge < -0.3 is 4.98 Å². The van der Waals surface area contributed by atoms with Crippen molar-refractivity contribution in [3.05, 3.63) is 22.4 Å². The van der Waals surface area contributed by atoms with Gasteiger partial charge in [0.05, 0.1) is 0 Å². The zero-order valence-corrected chi connectivity index (χ0v) is 11.0. The van der Waals surface area contributed by atoms with Crippen molar-refractivity contribution in [3.8, 4) is 0 Å². The first-order valence-electron chi connectivity index (χ1n) is 6.77. The minimum atomic E-state index is 0.0298. The van der Waals surface area contributed by atoms with Gasteiger partial charge in [0, 0.05) is 23.3 Å². The summed E-state index contributed by atoms with van der Waals surface area (Å²) >= 11 is 0. The molecule has 1 aromatic rings. The predicted molar refractivity (Wildman–Crippen MR) is 68.2 cm³/mol. The molecule has 2 aliphatic rings. The SMILES string of the molecule is CC(C)(C)c1cn([C@H]2C[C@@H]3CC[C@@H]2C3)c(=O)[nH]1. The van der Waals surface area contributed by atoms with Crippen LogP contribution in [0.5, 0.6) is 0 Å². The molecule has 0 saturated heterocycles. The minimum absolute atomic E-state index is 0.0298. The van der Waals surface area contributed by atoms with E-state index < -0.39 is 0 Å². The summed E-state index contributed by atoms with van der Waals surface area (Å²) in [5.74, 6) is 1.63. The van der Waals surface area contributed by atoms with Crippen LogP contribution in [0.25, 0.3) is 0 Å². The van der Waals surface area contributed by atoms with Gasteiger partial charge in [0.1, 0.15) is 0 Å². The second-order valence-electron chi connectivity index (χ2n) is 6.87. The third-order valence-electron chi connectivity index (χ3n) is 4.61. The first-order valence-corrected chi connectivity index (χ1v) is 6.77. The summed E-state index contributed by atoms with van der Waals surface area (Å²) in [6.45, 7) is 6.43. The molecule has 2 saturated carbocycles. The summed E-state index contributed by atoms with van der Waals surface area (Å²) in [5.41, 5.74) is 1.18. The van der Waals surface area contributed by atoms with Crippen molar-refractivity contribution in [2.24, 2.45) is 11.8 Å². The number of hydrogen-bond acceptors (Lipinski definition) is 1. The van der Waals surface area contributed by atoms with Crippen LogP contribution in [0.2, 0.25) is 0 Å². The summed E-state index contributed by atoms with van der Waals surface area (Å²) in [5, 5.41) is 0. The maximum atomic E-state index is 12.1. The molecule has 1 heterocycles. The number of aromatic nitrogens is 2. The summed E-state index contributed by atoms with van der Waals surface area (Å²) in [6, 6.07) is 0.466. The van der Waals surface area contributed by atoms with Crippen molar-refractivity contribution in [2.75, 3.05) is 0 Å². The molecule has 1 N–H and O–H groups in total.